The van der Waals surface area contributed by atoms with E-state index in [4.69, 9.17) is 0 Å². The van der Waals surface area contributed by atoms with E-state index in [1.165, 1.54) is 50.1 Å². The summed E-state index contributed by atoms with van der Waals surface area (Å²) in [4.78, 5) is 0. The molecule has 3 heteroatoms. The normalized spacial score (nSPS) is 11.0. The van der Waals surface area contributed by atoms with E-state index in [2.05, 4.69) is 126 Å². The van der Waals surface area contributed by atoms with Crippen molar-refractivity contribution in [3.63, 3.8) is 0 Å². The number of fused-ring (bicyclic) bond motifs is 3. The molecule has 2 aliphatic carbocycles. The second-order valence-electron chi connectivity index (χ2n) is 9.10. The van der Waals surface area contributed by atoms with Crippen LogP contribution >= 0.6 is 24.8 Å². The molecule has 0 fully saturated rings. The molecule has 0 saturated carbocycles. The minimum absolute atomic E-state index is 0. The third-order valence-corrected chi connectivity index (χ3v) is 7.05. The Hall–Kier alpha value is -3.26. The van der Waals surface area contributed by atoms with Crippen molar-refractivity contribution in [1.82, 2.24) is 0 Å². The fraction of sp³-hybridized carbons (Fsp3) is 0.0526. The van der Waals surface area contributed by atoms with Gasteiger partial charge in [0.2, 0.25) is 0 Å². The van der Waals surface area contributed by atoms with Gasteiger partial charge in [-0.3, -0.25) is 6.08 Å². The smallest absolute Gasteiger partial charge is 0.0181 e. The predicted molar refractivity (Wildman–Crippen MR) is 178 cm³/mol. The van der Waals surface area contributed by atoms with E-state index in [1.54, 1.807) is 0 Å². The molecule has 0 atom stereocenters. The Morgan fingerprint density at radius 3 is 1.78 bits per heavy atom. The Labute approximate surface area is 269 Å². The largest absolute Gasteiger partial charge is 0.143 e. The third kappa shape index (κ3) is 9.12. The second kappa shape index (κ2) is 17.5. The number of rotatable bonds is 3. The van der Waals surface area contributed by atoms with Crippen LogP contribution in [0, 0.1) is 19.6 Å². The number of hydrogen-bond acceptors (Lipinski definition) is 0. The van der Waals surface area contributed by atoms with Crippen LogP contribution in [-0.2, 0) is 26.4 Å². The first-order chi connectivity index (χ1) is 18.8. The summed E-state index contributed by atoms with van der Waals surface area (Å²) in [5, 5.41) is 0. The predicted octanol–water partition coefficient (Wildman–Crippen LogP) is 10.4. The van der Waals surface area contributed by atoms with Crippen molar-refractivity contribution in [2.75, 3.05) is 0 Å². The van der Waals surface area contributed by atoms with Gasteiger partial charge in [-0.1, -0.05) is 95.6 Å². The summed E-state index contributed by atoms with van der Waals surface area (Å²) in [6.45, 7) is 0. The monoisotopic (exact) mass is 607 g/mol. The summed E-state index contributed by atoms with van der Waals surface area (Å²) in [6.07, 6.45) is 11.0. The van der Waals surface area contributed by atoms with Crippen LogP contribution in [0.2, 0.25) is 0 Å². The maximum Gasteiger partial charge on any atom is -0.0181 e. The molecule has 0 heterocycles. The molecule has 0 radical (unpaired) electrons. The molecule has 0 unspecified atom stereocenters. The van der Waals surface area contributed by atoms with Crippen molar-refractivity contribution in [2.45, 2.75) is 12.8 Å². The van der Waals surface area contributed by atoms with Crippen molar-refractivity contribution in [3.05, 3.63) is 176 Å². The fourth-order valence-electron chi connectivity index (χ4n) is 4.61. The van der Waals surface area contributed by atoms with E-state index < -0.39 is 0 Å². The first-order valence-electron chi connectivity index (χ1n) is 12.9. The van der Waals surface area contributed by atoms with Gasteiger partial charge in [0.05, 0.1) is 0 Å². The zero-order chi connectivity index (χ0) is 26.0. The minimum atomic E-state index is 0. The maximum absolute atomic E-state index is 3.65. The molecule has 0 aromatic heterocycles. The van der Waals surface area contributed by atoms with Gasteiger partial charge in [0, 0.05) is 0 Å². The standard InChI is InChI=1S/C25H17.C7H6.C5H5.CH3.2ClH.Ti/c1-3-7-18(8-4-1)20-11-13-24-22(15-20)17-23-16-21(12-14-25(23)24)19-9-5-2-6-10-19;1-7-5-3-2-4-6-7;1-2-4-5-3-1;;;;/h1-15H,17H2;1-6H;1-3H,4H2;1H3;2*1H;/q-1;;2*-1;;;. The Kier molecular flexibility index (Phi) is 14.5. The van der Waals surface area contributed by atoms with Crippen LogP contribution in [0.25, 0.3) is 33.4 Å². The molecule has 0 saturated heterocycles. The Morgan fingerprint density at radius 1 is 0.634 bits per heavy atom. The van der Waals surface area contributed by atoms with Crippen LogP contribution in [-0.4, -0.2) is 4.31 Å². The third-order valence-electron chi connectivity index (χ3n) is 6.53. The first kappa shape index (κ1) is 33.9. The quantitative estimate of drug-likeness (QED) is 0.139. The molecule has 5 aromatic rings. The molecule has 0 amide bonds. The summed E-state index contributed by atoms with van der Waals surface area (Å²) >= 11 is 2.04. The van der Waals surface area contributed by atoms with Crippen molar-refractivity contribution in [2.24, 2.45) is 0 Å². The van der Waals surface area contributed by atoms with Gasteiger partial charge in [0.25, 0.3) is 0 Å². The van der Waals surface area contributed by atoms with Gasteiger partial charge in [-0.15, -0.1) is 60.6 Å². The summed E-state index contributed by atoms with van der Waals surface area (Å²) in [5.41, 5.74) is 11.6. The van der Waals surface area contributed by atoms with E-state index in [1.807, 2.05) is 50.3 Å². The number of benzene rings is 5. The van der Waals surface area contributed by atoms with Crippen LogP contribution in [0.3, 0.4) is 0 Å². The van der Waals surface area contributed by atoms with Gasteiger partial charge >= 0.3 is 60.2 Å². The summed E-state index contributed by atoms with van der Waals surface area (Å²) < 4.78 is 2.08. The number of halogens is 2. The van der Waals surface area contributed by atoms with Crippen LogP contribution < -0.4 is 0 Å². The van der Waals surface area contributed by atoms with Crippen molar-refractivity contribution >= 4 is 29.1 Å². The average molecular weight is 608 g/mol. The second-order valence-corrected chi connectivity index (χ2v) is 9.55. The van der Waals surface area contributed by atoms with E-state index >= 15 is 0 Å². The molecule has 41 heavy (non-hydrogen) atoms. The molecule has 0 nitrogen and oxygen atoms in total. The van der Waals surface area contributed by atoms with Crippen molar-refractivity contribution in [1.29, 1.82) is 0 Å². The molecule has 0 bridgehead atoms. The minimum Gasteiger partial charge on any atom is -0.143 e. The Balaban J connectivity index is 0.000000307. The topological polar surface area (TPSA) is 0 Å². The molecule has 7 rings (SSSR count). The molecule has 206 valence electrons. The maximum atomic E-state index is 3.65. The van der Waals surface area contributed by atoms with Gasteiger partial charge in [0.15, 0.2) is 0 Å². The fourth-order valence-corrected chi connectivity index (χ4v) is 4.91. The van der Waals surface area contributed by atoms with Crippen molar-refractivity contribution < 1.29 is 20.0 Å². The van der Waals surface area contributed by atoms with E-state index in [9.17, 15) is 0 Å². The zero-order valence-electron chi connectivity index (χ0n) is 23.1. The summed E-state index contributed by atoms with van der Waals surface area (Å²) in [7, 11) is 0. The Morgan fingerprint density at radius 2 is 1.24 bits per heavy atom. The van der Waals surface area contributed by atoms with E-state index in [0.717, 1.165) is 12.8 Å². The van der Waals surface area contributed by atoms with Crippen LogP contribution in [0.4, 0.5) is 0 Å². The summed E-state index contributed by atoms with van der Waals surface area (Å²) in [6, 6.07) is 46.3. The summed E-state index contributed by atoms with van der Waals surface area (Å²) in [5.74, 6) is 0. The molecule has 0 aliphatic heterocycles. The van der Waals surface area contributed by atoms with E-state index in [0.29, 0.717) is 0 Å². The average Bonchev–Trinajstić information content (AvgIpc) is 3.70. The van der Waals surface area contributed by atoms with Gasteiger partial charge in [-0.05, 0) is 23.1 Å². The zero-order valence-corrected chi connectivity index (χ0v) is 26.3. The first-order valence-corrected chi connectivity index (χ1v) is 13.8. The molecule has 5 aromatic carbocycles. The Bertz CT molecular complexity index is 1460. The van der Waals surface area contributed by atoms with Crippen molar-refractivity contribution in [3.8, 4) is 33.4 Å². The van der Waals surface area contributed by atoms with Gasteiger partial charge in [-0.25, -0.2) is 12.2 Å². The molecular formula is C38H33Cl2Ti-3. The SMILES string of the molecule is Cl.Cl.[C-]1=CC=CC1.[CH3-].[Ti]=[CH]c1ccccc1.[c-]1c(-c2ccccc2)ccc2c1Cc1cc(-c3ccccc3)ccc1-2. The molecule has 2 aliphatic rings. The molecular weight excluding hydrogens is 575 g/mol. The number of allylic oxidation sites excluding steroid dienone is 4. The van der Waals surface area contributed by atoms with Gasteiger partial charge in [-0.2, -0.15) is 6.08 Å². The van der Waals surface area contributed by atoms with E-state index in [-0.39, 0.29) is 32.2 Å². The number of hydrogen-bond donors (Lipinski definition) is 0. The van der Waals surface area contributed by atoms with Gasteiger partial charge in [0.1, 0.15) is 0 Å². The van der Waals surface area contributed by atoms with Crippen LogP contribution in [0.1, 0.15) is 23.1 Å². The van der Waals surface area contributed by atoms with Crippen LogP contribution in [0.5, 0.6) is 0 Å². The molecule has 0 N–H and O–H groups in total. The van der Waals surface area contributed by atoms with Gasteiger partial charge < -0.3 is 7.43 Å². The molecule has 0 spiro atoms. The van der Waals surface area contributed by atoms with Crippen LogP contribution in [0.15, 0.2) is 140 Å².